The third-order valence-electron chi connectivity index (χ3n) is 2.64. The highest BCUT2D eigenvalue weighted by molar-refractivity contribution is 8.01. The first-order valence-corrected chi connectivity index (χ1v) is 6.38. The molecule has 1 saturated heterocycles. The Labute approximate surface area is 104 Å². The van der Waals surface area contributed by atoms with E-state index in [4.69, 9.17) is 5.11 Å². The normalized spacial score (nSPS) is 20.4. The van der Waals surface area contributed by atoms with Gasteiger partial charge in [0.15, 0.2) is 0 Å². The van der Waals surface area contributed by atoms with E-state index in [1.54, 1.807) is 4.90 Å². The summed E-state index contributed by atoms with van der Waals surface area (Å²) < 4.78 is 0. The summed E-state index contributed by atoms with van der Waals surface area (Å²) in [6, 6.07) is 9.60. The molecular formula is C12H13NO3S. The van der Waals surface area contributed by atoms with E-state index in [-0.39, 0.29) is 18.2 Å². The fraction of sp³-hybridized carbons (Fsp3) is 0.333. The second-order valence-electron chi connectivity index (χ2n) is 3.90. The van der Waals surface area contributed by atoms with Crippen LogP contribution in [0.25, 0.3) is 0 Å². The minimum atomic E-state index is -0.847. The number of carbonyl (C=O) groups excluding carboxylic acids is 1. The van der Waals surface area contributed by atoms with Crippen molar-refractivity contribution in [2.24, 2.45) is 0 Å². The van der Waals surface area contributed by atoms with Crippen molar-refractivity contribution in [1.82, 2.24) is 4.90 Å². The van der Waals surface area contributed by atoms with E-state index in [2.05, 4.69) is 0 Å². The van der Waals surface area contributed by atoms with Gasteiger partial charge in [-0.05, 0) is 5.56 Å². The second kappa shape index (κ2) is 5.23. The molecule has 1 fully saturated rings. The molecule has 1 amide bonds. The minimum absolute atomic E-state index is 0.0105. The molecule has 17 heavy (non-hydrogen) atoms. The van der Waals surface area contributed by atoms with Gasteiger partial charge in [0.1, 0.15) is 5.25 Å². The summed E-state index contributed by atoms with van der Waals surface area (Å²) in [5.41, 5.74) is 1.02. The van der Waals surface area contributed by atoms with Gasteiger partial charge in [0.2, 0.25) is 5.91 Å². The van der Waals surface area contributed by atoms with E-state index >= 15 is 0 Å². The van der Waals surface area contributed by atoms with Gasteiger partial charge in [-0.25, -0.2) is 0 Å². The molecule has 5 heteroatoms. The third-order valence-corrected chi connectivity index (χ3v) is 3.81. The topological polar surface area (TPSA) is 57.6 Å². The molecule has 90 valence electrons. The van der Waals surface area contributed by atoms with Crippen LogP contribution in [0, 0.1) is 0 Å². The lowest BCUT2D eigenvalue weighted by Gasteiger charge is -2.30. The standard InChI is InChI=1S/C12H13NO3S/c14-11-8-17-10(12(15)16)7-13(11)6-9-4-2-1-3-5-9/h1-5,10H,6-8H2,(H,15,16). The molecule has 1 atom stereocenters. The number of hydrogen-bond donors (Lipinski definition) is 1. The molecule has 4 nitrogen and oxygen atoms in total. The Morgan fingerprint density at radius 1 is 1.41 bits per heavy atom. The maximum atomic E-state index is 11.7. The monoisotopic (exact) mass is 251 g/mol. The number of thioether (sulfide) groups is 1. The summed E-state index contributed by atoms with van der Waals surface area (Å²) in [5.74, 6) is -0.582. The lowest BCUT2D eigenvalue weighted by molar-refractivity contribution is -0.138. The summed E-state index contributed by atoms with van der Waals surface area (Å²) in [6.07, 6.45) is 0. The minimum Gasteiger partial charge on any atom is -0.480 e. The third kappa shape index (κ3) is 3.00. The second-order valence-corrected chi connectivity index (χ2v) is 5.09. The summed E-state index contributed by atoms with van der Waals surface area (Å²) in [7, 11) is 0. The van der Waals surface area contributed by atoms with Gasteiger partial charge in [-0.1, -0.05) is 30.3 Å². The molecular weight excluding hydrogens is 238 g/mol. The van der Waals surface area contributed by atoms with Crippen LogP contribution in [0.2, 0.25) is 0 Å². The van der Waals surface area contributed by atoms with Crippen LogP contribution in [-0.2, 0) is 16.1 Å². The van der Waals surface area contributed by atoms with Crippen LogP contribution in [-0.4, -0.2) is 39.4 Å². The van der Waals surface area contributed by atoms with Crippen molar-refractivity contribution < 1.29 is 14.7 Å². The van der Waals surface area contributed by atoms with Crippen LogP contribution in [0.5, 0.6) is 0 Å². The Bertz CT molecular complexity index is 421. The zero-order chi connectivity index (χ0) is 12.3. The molecule has 0 bridgehead atoms. The van der Waals surface area contributed by atoms with Crippen LogP contribution in [0.4, 0.5) is 0 Å². The van der Waals surface area contributed by atoms with Crippen LogP contribution >= 0.6 is 11.8 Å². The largest absolute Gasteiger partial charge is 0.480 e. The highest BCUT2D eigenvalue weighted by atomic mass is 32.2. The smallest absolute Gasteiger partial charge is 0.318 e. The molecule has 2 rings (SSSR count). The van der Waals surface area contributed by atoms with Gasteiger partial charge < -0.3 is 10.0 Å². The number of carboxylic acids is 1. The number of carboxylic acid groups (broad SMARTS) is 1. The number of rotatable bonds is 3. The zero-order valence-electron chi connectivity index (χ0n) is 9.20. The van der Waals surface area contributed by atoms with E-state index in [9.17, 15) is 9.59 Å². The average molecular weight is 251 g/mol. The van der Waals surface area contributed by atoms with Gasteiger partial charge in [-0.2, -0.15) is 0 Å². The van der Waals surface area contributed by atoms with Crippen LogP contribution in [0.1, 0.15) is 5.56 Å². The Kier molecular flexibility index (Phi) is 3.68. The highest BCUT2D eigenvalue weighted by Gasteiger charge is 2.30. The van der Waals surface area contributed by atoms with Gasteiger partial charge in [0, 0.05) is 13.1 Å². The maximum absolute atomic E-state index is 11.7. The number of hydrogen-bond acceptors (Lipinski definition) is 3. The molecule has 1 N–H and O–H groups in total. The van der Waals surface area contributed by atoms with E-state index in [0.717, 1.165) is 5.56 Å². The van der Waals surface area contributed by atoms with Crippen molar-refractivity contribution in [3.05, 3.63) is 35.9 Å². The quantitative estimate of drug-likeness (QED) is 0.877. The average Bonchev–Trinajstić information content (AvgIpc) is 2.33. The van der Waals surface area contributed by atoms with Crippen molar-refractivity contribution in [2.75, 3.05) is 12.3 Å². The summed E-state index contributed by atoms with van der Waals surface area (Å²) in [4.78, 5) is 24.2. The van der Waals surface area contributed by atoms with Gasteiger partial charge in [-0.3, -0.25) is 9.59 Å². The van der Waals surface area contributed by atoms with Gasteiger partial charge >= 0.3 is 5.97 Å². The molecule has 1 aromatic rings. The van der Waals surface area contributed by atoms with Crippen molar-refractivity contribution in [1.29, 1.82) is 0 Å². The molecule has 1 unspecified atom stereocenters. The number of carbonyl (C=O) groups is 2. The van der Waals surface area contributed by atoms with Crippen molar-refractivity contribution >= 4 is 23.6 Å². The maximum Gasteiger partial charge on any atom is 0.318 e. The predicted molar refractivity (Wildman–Crippen MR) is 65.7 cm³/mol. The van der Waals surface area contributed by atoms with Crippen molar-refractivity contribution in [3.8, 4) is 0 Å². The lowest BCUT2D eigenvalue weighted by Crippen LogP contribution is -2.44. The molecule has 1 aliphatic rings. The van der Waals surface area contributed by atoms with Crippen LogP contribution in [0.3, 0.4) is 0 Å². The predicted octanol–water partition coefficient (Wildman–Crippen LogP) is 1.22. The molecule has 1 heterocycles. The number of aliphatic carboxylic acids is 1. The van der Waals surface area contributed by atoms with Crippen molar-refractivity contribution in [2.45, 2.75) is 11.8 Å². The van der Waals surface area contributed by atoms with Gasteiger partial charge in [-0.15, -0.1) is 11.8 Å². The SMILES string of the molecule is O=C(O)C1CN(Cc2ccccc2)C(=O)CS1. The Morgan fingerprint density at radius 3 is 2.76 bits per heavy atom. The molecule has 0 aromatic heterocycles. The highest BCUT2D eigenvalue weighted by Crippen LogP contribution is 2.21. The molecule has 0 radical (unpaired) electrons. The van der Waals surface area contributed by atoms with E-state index < -0.39 is 11.2 Å². The first-order chi connectivity index (χ1) is 8.16. The van der Waals surface area contributed by atoms with E-state index in [1.807, 2.05) is 30.3 Å². The Hall–Kier alpha value is -1.49. The Morgan fingerprint density at radius 2 is 2.12 bits per heavy atom. The molecule has 1 aromatic carbocycles. The van der Waals surface area contributed by atoms with Crippen LogP contribution < -0.4 is 0 Å². The first-order valence-electron chi connectivity index (χ1n) is 5.33. The van der Waals surface area contributed by atoms with Crippen LogP contribution in [0.15, 0.2) is 30.3 Å². The number of benzene rings is 1. The Balaban J connectivity index is 2.04. The lowest BCUT2D eigenvalue weighted by atomic mass is 10.2. The summed E-state index contributed by atoms with van der Waals surface area (Å²) >= 11 is 1.20. The van der Waals surface area contributed by atoms with Gasteiger partial charge in [0.25, 0.3) is 0 Å². The number of amides is 1. The zero-order valence-corrected chi connectivity index (χ0v) is 10.0. The van der Waals surface area contributed by atoms with Gasteiger partial charge in [0.05, 0.1) is 5.75 Å². The number of nitrogens with zero attached hydrogens (tertiary/aromatic N) is 1. The molecule has 0 saturated carbocycles. The fourth-order valence-corrected chi connectivity index (χ4v) is 2.68. The summed E-state index contributed by atoms with van der Waals surface area (Å²) in [5, 5.41) is 8.45. The first kappa shape index (κ1) is 12.0. The fourth-order valence-electron chi connectivity index (χ4n) is 1.72. The van der Waals surface area contributed by atoms with Crippen molar-refractivity contribution in [3.63, 3.8) is 0 Å². The summed E-state index contributed by atoms with van der Waals surface area (Å²) in [6.45, 7) is 0.776. The van der Waals surface area contributed by atoms with E-state index in [0.29, 0.717) is 6.54 Å². The molecule has 0 aliphatic carbocycles. The molecule has 1 aliphatic heterocycles. The van der Waals surface area contributed by atoms with E-state index in [1.165, 1.54) is 11.8 Å². The molecule has 0 spiro atoms.